The predicted molar refractivity (Wildman–Crippen MR) is 69.3 cm³/mol. The lowest BCUT2D eigenvalue weighted by Gasteiger charge is -2.05. The first-order chi connectivity index (χ1) is 9.26. The van der Waals surface area contributed by atoms with Crippen molar-refractivity contribution in [2.45, 2.75) is 12.5 Å². The van der Waals surface area contributed by atoms with Crippen molar-refractivity contribution in [3.63, 3.8) is 0 Å². The highest BCUT2D eigenvalue weighted by atomic mass is 16.6. The number of hydrogen-bond acceptors (Lipinski definition) is 4. The highest BCUT2D eigenvalue weighted by Gasteiger charge is 2.23. The molecular formula is C14H15NO4. The van der Waals surface area contributed by atoms with Gasteiger partial charge in [0.1, 0.15) is 18.5 Å². The Labute approximate surface area is 110 Å². The Kier molecular flexibility index (Phi) is 3.13. The molecule has 1 saturated heterocycles. The fraction of sp³-hybridized carbons (Fsp3) is 0.357. The largest absolute Gasteiger partial charge is 0.491 e. The molecule has 19 heavy (non-hydrogen) atoms. The van der Waals surface area contributed by atoms with E-state index in [1.807, 2.05) is 24.4 Å². The van der Waals surface area contributed by atoms with Crippen molar-refractivity contribution in [1.82, 2.24) is 4.98 Å². The van der Waals surface area contributed by atoms with E-state index in [1.54, 1.807) is 0 Å². The molecule has 0 saturated carbocycles. The zero-order valence-electron chi connectivity index (χ0n) is 10.6. The van der Waals surface area contributed by atoms with Gasteiger partial charge in [0.25, 0.3) is 0 Å². The van der Waals surface area contributed by atoms with Gasteiger partial charge in [-0.05, 0) is 23.8 Å². The van der Waals surface area contributed by atoms with Gasteiger partial charge in [0.15, 0.2) is 0 Å². The Hall–Kier alpha value is -2.01. The van der Waals surface area contributed by atoms with Gasteiger partial charge < -0.3 is 19.2 Å². The van der Waals surface area contributed by atoms with Crippen LogP contribution in [0.25, 0.3) is 10.9 Å². The lowest BCUT2D eigenvalue weighted by atomic mass is 10.1. The average Bonchev–Trinajstić information content (AvgIpc) is 3.18. The molecule has 0 bridgehead atoms. The van der Waals surface area contributed by atoms with Gasteiger partial charge in [-0.2, -0.15) is 0 Å². The number of carbonyl (C=O) groups is 1. The van der Waals surface area contributed by atoms with Gasteiger partial charge in [0.2, 0.25) is 0 Å². The first-order valence-electron chi connectivity index (χ1n) is 6.17. The summed E-state index contributed by atoms with van der Waals surface area (Å²) in [5.74, 6) is 0.535. The number of hydrogen-bond donors (Lipinski definition) is 1. The van der Waals surface area contributed by atoms with Gasteiger partial charge in [0, 0.05) is 17.1 Å². The zero-order valence-corrected chi connectivity index (χ0v) is 10.6. The van der Waals surface area contributed by atoms with E-state index < -0.39 is 0 Å². The van der Waals surface area contributed by atoms with Crippen molar-refractivity contribution >= 4 is 16.9 Å². The summed E-state index contributed by atoms with van der Waals surface area (Å²) in [6.45, 7) is 1.35. The normalized spacial score (nSPS) is 17.4. The van der Waals surface area contributed by atoms with Crippen LogP contribution < -0.4 is 4.74 Å². The van der Waals surface area contributed by atoms with Gasteiger partial charge in [-0.25, -0.2) is 0 Å². The maximum atomic E-state index is 11.3. The molecule has 1 aliphatic rings. The van der Waals surface area contributed by atoms with Crippen LogP contribution >= 0.6 is 0 Å². The molecule has 100 valence electrons. The van der Waals surface area contributed by atoms with Crippen LogP contribution in [0.5, 0.6) is 5.75 Å². The molecule has 5 heteroatoms. The third-order valence-corrected chi connectivity index (χ3v) is 3.14. The zero-order chi connectivity index (χ0) is 13.2. The summed E-state index contributed by atoms with van der Waals surface area (Å²) < 4.78 is 15.4. The van der Waals surface area contributed by atoms with Crippen molar-refractivity contribution in [2.75, 3.05) is 20.3 Å². The molecule has 1 fully saturated rings. The topological polar surface area (TPSA) is 63.9 Å². The lowest BCUT2D eigenvalue weighted by Crippen LogP contribution is -2.04. The minimum atomic E-state index is -0.251. The third kappa shape index (κ3) is 2.71. The second-order valence-electron chi connectivity index (χ2n) is 4.54. The van der Waals surface area contributed by atoms with E-state index in [2.05, 4.69) is 9.72 Å². The van der Waals surface area contributed by atoms with E-state index in [0.29, 0.717) is 6.61 Å². The summed E-state index contributed by atoms with van der Waals surface area (Å²) >= 11 is 0. The minimum Gasteiger partial charge on any atom is -0.491 e. The quantitative estimate of drug-likeness (QED) is 0.656. The summed E-state index contributed by atoms with van der Waals surface area (Å²) in [5, 5.41) is 0.986. The molecule has 1 unspecified atom stereocenters. The lowest BCUT2D eigenvalue weighted by molar-refractivity contribution is -0.139. The van der Waals surface area contributed by atoms with Crippen LogP contribution in [0.1, 0.15) is 5.56 Å². The van der Waals surface area contributed by atoms with Crippen LogP contribution in [0.15, 0.2) is 24.4 Å². The van der Waals surface area contributed by atoms with Gasteiger partial charge in [-0.1, -0.05) is 0 Å². The van der Waals surface area contributed by atoms with Gasteiger partial charge in [0.05, 0.1) is 20.1 Å². The van der Waals surface area contributed by atoms with Crippen molar-refractivity contribution in [3.8, 4) is 5.75 Å². The maximum Gasteiger partial charge on any atom is 0.310 e. The number of fused-ring (bicyclic) bond motifs is 1. The van der Waals surface area contributed by atoms with Crippen LogP contribution in [0.3, 0.4) is 0 Å². The predicted octanol–water partition coefficient (Wildman–Crippen LogP) is 1.66. The first-order valence-corrected chi connectivity index (χ1v) is 6.17. The Balaban J connectivity index is 1.82. The number of H-pyrrole nitrogens is 1. The molecule has 2 aromatic rings. The number of epoxide rings is 1. The number of aromatic nitrogens is 1. The van der Waals surface area contributed by atoms with Crippen LogP contribution in [-0.4, -0.2) is 37.4 Å². The number of carbonyl (C=O) groups excluding carboxylic acids is 1. The van der Waals surface area contributed by atoms with E-state index in [1.165, 1.54) is 7.11 Å². The highest BCUT2D eigenvalue weighted by Crippen LogP contribution is 2.25. The third-order valence-electron chi connectivity index (χ3n) is 3.14. The fourth-order valence-corrected chi connectivity index (χ4v) is 1.97. The van der Waals surface area contributed by atoms with E-state index in [0.717, 1.165) is 28.8 Å². The average molecular weight is 261 g/mol. The molecule has 1 aromatic heterocycles. The van der Waals surface area contributed by atoms with Crippen molar-refractivity contribution in [2.24, 2.45) is 0 Å². The van der Waals surface area contributed by atoms with Crippen LogP contribution in [-0.2, 0) is 20.7 Å². The first kappa shape index (κ1) is 12.0. The second kappa shape index (κ2) is 4.93. The number of ether oxygens (including phenoxy) is 3. The molecular weight excluding hydrogens is 246 g/mol. The van der Waals surface area contributed by atoms with Gasteiger partial charge in [-0.3, -0.25) is 4.79 Å². The molecule has 2 heterocycles. The fourth-order valence-electron chi connectivity index (χ4n) is 1.97. The van der Waals surface area contributed by atoms with Crippen molar-refractivity contribution in [3.05, 3.63) is 30.0 Å². The van der Waals surface area contributed by atoms with Gasteiger partial charge >= 0.3 is 5.97 Å². The summed E-state index contributed by atoms with van der Waals surface area (Å²) in [6.07, 6.45) is 2.32. The van der Waals surface area contributed by atoms with Crippen molar-refractivity contribution < 1.29 is 19.0 Å². The number of aromatic amines is 1. The summed E-state index contributed by atoms with van der Waals surface area (Å²) in [7, 11) is 1.39. The number of benzene rings is 1. The van der Waals surface area contributed by atoms with Crippen LogP contribution in [0, 0.1) is 0 Å². The van der Waals surface area contributed by atoms with Crippen LogP contribution in [0.4, 0.5) is 0 Å². The molecule has 5 nitrogen and oxygen atoms in total. The monoisotopic (exact) mass is 261 g/mol. The second-order valence-corrected chi connectivity index (χ2v) is 4.54. The SMILES string of the molecule is COC(=O)Cc1c[nH]c2ccc(OCC3CO3)cc12. The Morgan fingerprint density at radius 1 is 1.53 bits per heavy atom. The molecule has 1 aromatic carbocycles. The molecule has 1 atom stereocenters. The van der Waals surface area contributed by atoms with E-state index in [9.17, 15) is 4.79 Å². The maximum absolute atomic E-state index is 11.3. The van der Waals surface area contributed by atoms with E-state index in [4.69, 9.17) is 9.47 Å². The smallest absolute Gasteiger partial charge is 0.310 e. The molecule has 0 radical (unpaired) electrons. The van der Waals surface area contributed by atoms with Crippen LogP contribution in [0.2, 0.25) is 0 Å². The molecule has 3 rings (SSSR count). The minimum absolute atomic E-state index is 0.233. The molecule has 0 spiro atoms. The molecule has 1 aliphatic heterocycles. The highest BCUT2D eigenvalue weighted by molar-refractivity contribution is 5.88. The Bertz CT molecular complexity index is 601. The Morgan fingerprint density at radius 3 is 3.11 bits per heavy atom. The number of rotatable bonds is 5. The number of methoxy groups -OCH3 is 1. The summed E-state index contributed by atoms with van der Waals surface area (Å²) in [6, 6.07) is 5.79. The number of nitrogens with one attached hydrogen (secondary N) is 1. The standard InChI is InChI=1S/C14H15NO4/c1-17-14(16)4-9-6-15-13-3-2-10(5-12(9)13)18-7-11-8-19-11/h2-3,5-6,11,15H,4,7-8H2,1H3. The van der Waals surface area contributed by atoms with E-state index in [-0.39, 0.29) is 18.5 Å². The van der Waals surface area contributed by atoms with Crippen molar-refractivity contribution in [1.29, 1.82) is 0 Å². The van der Waals surface area contributed by atoms with E-state index >= 15 is 0 Å². The number of esters is 1. The molecule has 1 N–H and O–H groups in total. The molecule has 0 aliphatic carbocycles. The molecule has 0 amide bonds. The summed E-state index contributed by atoms with van der Waals surface area (Å²) in [4.78, 5) is 14.5. The summed E-state index contributed by atoms with van der Waals surface area (Å²) in [5.41, 5.74) is 1.89. The van der Waals surface area contributed by atoms with Gasteiger partial charge in [-0.15, -0.1) is 0 Å². The Morgan fingerprint density at radius 2 is 2.37 bits per heavy atom.